The molecule has 0 spiro atoms. The fourth-order valence-electron chi connectivity index (χ4n) is 3.59. The number of nitro benzene ring substituents is 1. The van der Waals surface area contributed by atoms with Crippen molar-refractivity contribution < 1.29 is 14.5 Å². The molecule has 0 radical (unpaired) electrons. The van der Waals surface area contributed by atoms with Crippen molar-refractivity contribution in [1.29, 1.82) is 0 Å². The fourth-order valence-corrected chi connectivity index (χ4v) is 4.63. The van der Waals surface area contributed by atoms with Crippen LogP contribution in [0.25, 0.3) is 6.08 Å². The van der Waals surface area contributed by atoms with Crippen LogP contribution in [0, 0.1) is 10.1 Å². The van der Waals surface area contributed by atoms with Gasteiger partial charge in [-0.3, -0.25) is 19.5 Å². The van der Waals surface area contributed by atoms with E-state index in [1.54, 1.807) is 32.1 Å². The summed E-state index contributed by atoms with van der Waals surface area (Å²) in [5.41, 5.74) is 1.93. The van der Waals surface area contributed by atoms with Gasteiger partial charge in [0.05, 0.1) is 33.4 Å². The standard InChI is InChI=1S/C23H19N3O5S/c1-3-31-22(28)19-14(2)24-23-25(20(19)16-7-5-4-6-8-16)21(27)18(32-23)13-15-9-11-17(12-10-15)26(29)30/h4-13,20H,3H2,1-2H3/b18-13-/t20-/m1/s1. The summed E-state index contributed by atoms with van der Waals surface area (Å²) in [6.45, 7) is 3.67. The molecule has 1 aromatic heterocycles. The van der Waals surface area contributed by atoms with Crippen LogP contribution in [0.2, 0.25) is 0 Å². The number of hydrogen-bond acceptors (Lipinski definition) is 7. The summed E-state index contributed by atoms with van der Waals surface area (Å²) in [7, 11) is 0. The second-order valence-electron chi connectivity index (χ2n) is 7.06. The molecule has 0 saturated carbocycles. The van der Waals surface area contributed by atoms with Gasteiger partial charge in [-0.05, 0) is 43.2 Å². The molecule has 0 N–H and O–H groups in total. The molecule has 1 aliphatic heterocycles. The molecule has 0 fully saturated rings. The Hall–Kier alpha value is -3.85. The van der Waals surface area contributed by atoms with Crippen LogP contribution in [-0.4, -0.2) is 22.1 Å². The number of carbonyl (C=O) groups excluding carboxylic acids is 1. The van der Waals surface area contributed by atoms with Crippen molar-refractivity contribution in [2.45, 2.75) is 19.9 Å². The summed E-state index contributed by atoms with van der Waals surface area (Å²) in [5, 5.41) is 10.9. The van der Waals surface area contributed by atoms with E-state index >= 15 is 0 Å². The number of fused-ring (bicyclic) bond motifs is 1. The van der Waals surface area contributed by atoms with Gasteiger partial charge in [0.15, 0.2) is 4.80 Å². The lowest BCUT2D eigenvalue weighted by atomic mass is 9.96. The van der Waals surface area contributed by atoms with Crippen molar-refractivity contribution in [1.82, 2.24) is 4.57 Å². The van der Waals surface area contributed by atoms with E-state index in [1.807, 2.05) is 30.3 Å². The van der Waals surface area contributed by atoms with E-state index < -0.39 is 16.9 Å². The summed E-state index contributed by atoms with van der Waals surface area (Å²) in [4.78, 5) is 41.6. The van der Waals surface area contributed by atoms with Crippen molar-refractivity contribution >= 4 is 29.1 Å². The van der Waals surface area contributed by atoms with Gasteiger partial charge < -0.3 is 4.74 Å². The van der Waals surface area contributed by atoms with Crippen LogP contribution in [0.15, 0.2) is 75.7 Å². The van der Waals surface area contributed by atoms with E-state index in [1.165, 1.54) is 28.0 Å². The minimum absolute atomic E-state index is 0.0256. The largest absolute Gasteiger partial charge is 0.463 e. The third kappa shape index (κ3) is 3.90. The summed E-state index contributed by atoms with van der Waals surface area (Å²) in [6.07, 6.45) is 1.67. The molecule has 3 aromatic rings. The zero-order chi connectivity index (χ0) is 22.8. The van der Waals surface area contributed by atoms with Crippen molar-refractivity contribution in [3.05, 3.63) is 107 Å². The van der Waals surface area contributed by atoms with Crippen LogP contribution in [0.4, 0.5) is 5.69 Å². The first-order chi connectivity index (χ1) is 15.4. The van der Waals surface area contributed by atoms with E-state index in [0.717, 1.165) is 5.56 Å². The lowest BCUT2D eigenvalue weighted by molar-refractivity contribution is -0.384. The highest BCUT2D eigenvalue weighted by Crippen LogP contribution is 2.30. The van der Waals surface area contributed by atoms with Crippen LogP contribution in [-0.2, 0) is 9.53 Å². The van der Waals surface area contributed by atoms with Gasteiger partial charge in [0, 0.05) is 12.1 Å². The predicted molar refractivity (Wildman–Crippen MR) is 120 cm³/mol. The maximum atomic E-state index is 13.4. The lowest BCUT2D eigenvalue weighted by Gasteiger charge is -2.24. The molecule has 0 bridgehead atoms. The Morgan fingerprint density at radius 2 is 1.91 bits per heavy atom. The maximum Gasteiger partial charge on any atom is 0.338 e. The number of allylic oxidation sites excluding steroid dienone is 1. The van der Waals surface area contributed by atoms with Crippen LogP contribution >= 0.6 is 11.3 Å². The average Bonchev–Trinajstić information content (AvgIpc) is 3.08. The Labute approximate surface area is 186 Å². The van der Waals surface area contributed by atoms with Gasteiger partial charge >= 0.3 is 5.97 Å². The van der Waals surface area contributed by atoms with Crippen molar-refractivity contribution in [3.8, 4) is 0 Å². The van der Waals surface area contributed by atoms with Crippen molar-refractivity contribution in [2.75, 3.05) is 6.61 Å². The highest BCUT2D eigenvalue weighted by Gasteiger charge is 2.33. The molecule has 1 atom stereocenters. The number of nitro groups is 1. The highest BCUT2D eigenvalue weighted by atomic mass is 32.1. The number of benzene rings is 2. The van der Waals surface area contributed by atoms with Crippen LogP contribution in [0.3, 0.4) is 0 Å². The Morgan fingerprint density at radius 3 is 2.53 bits per heavy atom. The SMILES string of the molecule is CCOC(=O)C1=C(C)N=c2s/c(=C\c3ccc([N+](=O)[O-])cc3)c(=O)n2[C@@H]1c1ccccc1. The number of aromatic nitrogens is 1. The molecule has 8 nitrogen and oxygen atoms in total. The fraction of sp³-hybridized carbons (Fsp3) is 0.174. The van der Waals surface area contributed by atoms with E-state index in [2.05, 4.69) is 4.99 Å². The Morgan fingerprint density at radius 1 is 1.22 bits per heavy atom. The van der Waals surface area contributed by atoms with Gasteiger partial charge in [0.25, 0.3) is 11.2 Å². The number of hydrogen-bond donors (Lipinski definition) is 0. The Balaban J connectivity index is 1.90. The predicted octanol–water partition coefficient (Wildman–Crippen LogP) is 2.71. The molecule has 162 valence electrons. The number of rotatable bonds is 5. The minimum atomic E-state index is -0.662. The van der Waals surface area contributed by atoms with Gasteiger partial charge in [-0.2, -0.15) is 0 Å². The smallest absolute Gasteiger partial charge is 0.338 e. The van der Waals surface area contributed by atoms with Gasteiger partial charge in [-0.1, -0.05) is 41.7 Å². The van der Waals surface area contributed by atoms with Gasteiger partial charge in [0.2, 0.25) is 0 Å². The molecule has 0 unspecified atom stereocenters. The molecule has 32 heavy (non-hydrogen) atoms. The second kappa shape index (κ2) is 8.72. The molecule has 2 heterocycles. The molecule has 0 aliphatic carbocycles. The summed E-state index contributed by atoms with van der Waals surface area (Å²) in [6, 6.07) is 14.6. The lowest BCUT2D eigenvalue weighted by Crippen LogP contribution is -2.39. The van der Waals surface area contributed by atoms with Crippen LogP contribution in [0.1, 0.15) is 31.0 Å². The molecule has 0 saturated heterocycles. The number of esters is 1. The van der Waals surface area contributed by atoms with Gasteiger partial charge in [-0.15, -0.1) is 0 Å². The Bertz CT molecular complexity index is 1400. The summed E-state index contributed by atoms with van der Waals surface area (Å²) < 4.78 is 7.18. The minimum Gasteiger partial charge on any atom is -0.463 e. The van der Waals surface area contributed by atoms with E-state index in [0.29, 0.717) is 26.2 Å². The number of thiazole rings is 1. The average molecular weight is 449 g/mol. The first-order valence-corrected chi connectivity index (χ1v) is 10.7. The van der Waals surface area contributed by atoms with Gasteiger partial charge in [-0.25, -0.2) is 9.79 Å². The quantitative estimate of drug-likeness (QED) is 0.338. The highest BCUT2D eigenvalue weighted by molar-refractivity contribution is 7.07. The third-order valence-electron chi connectivity index (χ3n) is 5.03. The summed E-state index contributed by atoms with van der Waals surface area (Å²) in [5.74, 6) is -0.507. The molecular formula is C23H19N3O5S. The zero-order valence-electron chi connectivity index (χ0n) is 17.3. The van der Waals surface area contributed by atoms with Gasteiger partial charge in [0.1, 0.15) is 0 Å². The third-order valence-corrected chi connectivity index (χ3v) is 6.02. The monoisotopic (exact) mass is 449 g/mol. The number of nitrogens with zero attached hydrogens (tertiary/aromatic N) is 3. The molecular weight excluding hydrogens is 430 g/mol. The molecule has 4 rings (SSSR count). The van der Waals surface area contributed by atoms with E-state index in [4.69, 9.17) is 4.74 Å². The molecule has 0 amide bonds. The maximum absolute atomic E-state index is 13.4. The Kier molecular flexibility index (Phi) is 5.83. The van der Waals surface area contributed by atoms with E-state index in [-0.39, 0.29) is 17.9 Å². The van der Waals surface area contributed by atoms with Crippen LogP contribution < -0.4 is 14.9 Å². The first-order valence-electron chi connectivity index (χ1n) is 9.89. The number of carbonyl (C=O) groups is 1. The molecule has 9 heteroatoms. The van der Waals surface area contributed by atoms with Crippen LogP contribution in [0.5, 0.6) is 0 Å². The second-order valence-corrected chi connectivity index (χ2v) is 8.07. The zero-order valence-corrected chi connectivity index (χ0v) is 18.2. The van der Waals surface area contributed by atoms with E-state index in [9.17, 15) is 19.7 Å². The first kappa shape index (κ1) is 21.4. The normalized spacial score (nSPS) is 15.8. The number of non-ortho nitro benzene ring substituents is 1. The molecule has 1 aliphatic rings. The molecule has 2 aromatic carbocycles. The summed E-state index contributed by atoms with van der Waals surface area (Å²) >= 11 is 1.20. The number of ether oxygens (including phenoxy) is 1. The van der Waals surface area contributed by atoms with Crippen molar-refractivity contribution in [2.24, 2.45) is 4.99 Å². The topological polar surface area (TPSA) is 104 Å². The van der Waals surface area contributed by atoms with Crippen molar-refractivity contribution in [3.63, 3.8) is 0 Å².